The maximum absolute atomic E-state index is 11.1. The summed E-state index contributed by atoms with van der Waals surface area (Å²) in [5.41, 5.74) is 4.28. The summed E-state index contributed by atoms with van der Waals surface area (Å²) >= 11 is 3.34. The van der Waals surface area contributed by atoms with Gasteiger partial charge < -0.3 is 4.74 Å². The highest BCUT2D eigenvalue weighted by molar-refractivity contribution is 9.10. The fourth-order valence-electron chi connectivity index (χ4n) is 1.14. The van der Waals surface area contributed by atoms with Crippen LogP contribution in [0.3, 0.4) is 0 Å². The minimum Gasteiger partial charge on any atom is -0.469 e. The van der Waals surface area contributed by atoms with Crippen molar-refractivity contribution in [2.45, 2.75) is 6.42 Å². The molecule has 1 aromatic rings. The lowest BCUT2D eigenvalue weighted by Crippen LogP contribution is -2.07. The molecule has 4 nitrogen and oxygen atoms in total. The zero-order valence-corrected chi connectivity index (χ0v) is 10.1. The molecule has 0 aromatic heterocycles. The first kappa shape index (κ1) is 12.0. The van der Waals surface area contributed by atoms with Gasteiger partial charge in [-0.3, -0.25) is 15.1 Å². The minimum atomic E-state index is -0.281. The Kier molecular flexibility index (Phi) is 4.58. The van der Waals surface area contributed by atoms with E-state index in [-0.39, 0.29) is 12.4 Å². The number of benzene rings is 1. The van der Waals surface area contributed by atoms with E-state index in [1.165, 1.54) is 14.2 Å². The van der Waals surface area contributed by atoms with Gasteiger partial charge in [0.1, 0.15) is 0 Å². The lowest BCUT2D eigenvalue weighted by molar-refractivity contribution is -0.139. The Morgan fingerprint density at radius 3 is 2.80 bits per heavy atom. The zero-order chi connectivity index (χ0) is 11.3. The van der Waals surface area contributed by atoms with E-state index in [1.807, 2.05) is 18.2 Å². The van der Waals surface area contributed by atoms with Crippen LogP contribution in [0.4, 0.5) is 5.69 Å². The second-order valence-corrected chi connectivity index (χ2v) is 3.78. The van der Waals surface area contributed by atoms with Crippen molar-refractivity contribution in [1.29, 1.82) is 0 Å². The van der Waals surface area contributed by atoms with Gasteiger partial charge in [0.2, 0.25) is 0 Å². The van der Waals surface area contributed by atoms with Gasteiger partial charge >= 0.3 is 5.97 Å². The molecular weight excluding hydrogens is 262 g/mol. The standard InChI is InChI=1S/C10H12BrNO3/c1-14-10(13)5-7-3-4-8(11)6-9(7)12-15-2/h3-4,6,12H,5H2,1-2H3. The molecule has 1 aromatic carbocycles. The molecule has 0 fully saturated rings. The van der Waals surface area contributed by atoms with Gasteiger partial charge in [-0.25, -0.2) is 0 Å². The molecule has 1 rings (SSSR count). The Hall–Kier alpha value is -1.07. The summed E-state index contributed by atoms with van der Waals surface area (Å²) in [6.07, 6.45) is 0.218. The minimum absolute atomic E-state index is 0.218. The van der Waals surface area contributed by atoms with Crippen LogP contribution in [-0.2, 0) is 20.8 Å². The van der Waals surface area contributed by atoms with Gasteiger partial charge in [-0.05, 0) is 17.7 Å². The first-order chi connectivity index (χ1) is 7.17. The number of hydrogen-bond donors (Lipinski definition) is 1. The van der Waals surface area contributed by atoms with Gasteiger partial charge in [0.05, 0.1) is 26.3 Å². The number of anilines is 1. The van der Waals surface area contributed by atoms with Crippen molar-refractivity contribution in [3.63, 3.8) is 0 Å². The van der Waals surface area contributed by atoms with Crippen LogP contribution in [0, 0.1) is 0 Å². The molecule has 1 N–H and O–H groups in total. The van der Waals surface area contributed by atoms with Crippen LogP contribution in [0.15, 0.2) is 22.7 Å². The van der Waals surface area contributed by atoms with Crippen molar-refractivity contribution in [3.05, 3.63) is 28.2 Å². The molecule has 0 atom stereocenters. The Bertz CT molecular complexity index is 355. The van der Waals surface area contributed by atoms with E-state index in [1.54, 1.807) is 0 Å². The van der Waals surface area contributed by atoms with E-state index in [2.05, 4.69) is 26.1 Å². The number of ether oxygens (including phenoxy) is 1. The third kappa shape index (κ3) is 3.53. The molecule has 0 radical (unpaired) electrons. The predicted octanol–water partition coefficient (Wildman–Crippen LogP) is 2.14. The monoisotopic (exact) mass is 273 g/mol. The summed E-state index contributed by atoms with van der Waals surface area (Å²) in [5, 5.41) is 0. The van der Waals surface area contributed by atoms with Crippen molar-refractivity contribution >= 4 is 27.6 Å². The second kappa shape index (κ2) is 5.72. The highest BCUT2D eigenvalue weighted by atomic mass is 79.9. The van der Waals surface area contributed by atoms with Crippen LogP contribution in [0.25, 0.3) is 0 Å². The highest BCUT2D eigenvalue weighted by Crippen LogP contribution is 2.22. The molecule has 0 heterocycles. The highest BCUT2D eigenvalue weighted by Gasteiger charge is 2.08. The van der Waals surface area contributed by atoms with Crippen molar-refractivity contribution in [3.8, 4) is 0 Å². The fourth-order valence-corrected chi connectivity index (χ4v) is 1.50. The number of halogens is 1. The molecule has 0 unspecified atom stereocenters. The molecule has 0 saturated heterocycles. The van der Waals surface area contributed by atoms with Crippen molar-refractivity contribution in [2.24, 2.45) is 0 Å². The second-order valence-electron chi connectivity index (χ2n) is 2.86. The van der Waals surface area contributed by atoms with Crippen LogP contribution < -0.4 is 5.48 Å². The summed E-state index contributed by atoms with van der Waals surface area (Å²) in [4.78, 5) is 15.9. The van der Waals surface area contributed by atoms with E-state index in [0.717, 1.165) is 15.7 Å². The molecule has 0 spiro atoms. The van der Waals surface area contributed by atoms with E-state index in [4.69, 9.17) is 4.84 Å². The molecular formula is C10H12BrNO3. The third-order valence-corrected chi connectivity index (χ3v) is 2.34. The predicted molar refractivity (Wildman–Crippen MR) is 60.5 cm³/mol. The van der Waals surface area contributed by atoms with Crippen molar-refractivity contribution < 1.29 is 14.4 Å². The Balaban J connectivity index is 2.89. The van der Waals surface area contributed by atoms with E-state index in [0.29, 0.717) is 0 Å². The maximum Gasteiger partial charge on any atom is 0.310 e. The van der Waals surface area contributed by atoms with Gasteiger partial charge in [0, 0.05) is 4.47 Å². The third-order valence-electron chi connectivity index (χ3n) is 1.85. The number of carbonyl (C=O) groups is 1. The molecule has 0 saturated carbocycles. The molecule has 0 aliphatic carbocycles. The maximum atomic E-state index is 11.1. The number of nitrogens with one attached hydrogen (secondary N) is 1. The summed E-state index contributed by atoms with van der Waals surface area (Å²) in [6.45, 7) is 0. The normalized spacial score (nSPS) is 9.80. The lowest BCUT2D eigenvalue weighted by atomic mass is 10.1. The smallest absolute Gasteiger partial charge is 0.310 e. The van der Waals surface area contributed by atoms with Crippen LogP contribution in [0.1, 0.15) is 5.56 Å². The van der Waals surface area contributed by atoms with Crippen molar-refractivity contribution in [1.82, 2.24) is 0 Å². The SMILES string of the molecule is CONc1cc(Br)ccc1CC(=O)OC. The number of rotatable bonds is 4. The van der Waals surface area contributed by atoms with E-state index in [9.17, 15) is 4.79 Å². The Labute approximate surface area is 96.7 Å². The molecule has 0 aliphatic heterocycles. The molecule has 0 bridgehead atoms. The lowest BCUT2D eigenvalue weighted by Gasteiger charge is -2.09. The first-order valence-corrected chi connectivity index (χ1v) is 5.11. The number of methoxy groups -OCH3 is 1. The van der Waals surface area contributed by atoms with Crippen molar-refractivity contribution in [2.75, 3.05) is 19.7 Å². The molecule has 0 aliphatic rings. The van der Waals surface area contributed by atoms with Gasteiger partial charge in [0.15, 0.2) is 0 Å². The Morgan fingerprint density at radius 1 is 1.47 bits per heavy atom. The molecule has 82 valence electrons. The zero-order valence-electron chi connectivity index (χ0n) is 8.54. The number of esters is 1. The fraction of sp³-hybridized carbons (Fsp3) is 0.300. The first-order valence-electron chi connectivity index (χ1n) is 4.31. The van der Waals surface area contributed by atoms with Gasteiger partial charge in [-0.15, -0.1) is 0 Å². The largest absolute Gasteiger partial charge is 0.469 e. The van der Waals surface area contributed by atoms with Gasteiger partial charge in [-0.2, -0.15) is 0 Å². The van der Waals surface area contributed by atoms with Crippen LogP contribution in [0.5, 0.6) is 0 Å². The van der Waals surface area contributed by atoms with Gasteiger partial charge in [-0.1, -0.05) is 22.0 Å². The summed E-state index contributed by atoms with van der Waals surface area (Å²) in [7, 11) is 2.88. The average Bonchev–Trinajstić information content (AvgIpc) is 2.22. The van der Waals surface area contributed by atoms with Crippen LogP contribution in [0.2, 0.25) is 0 Å². The summed E-state index contributed by atoms with van der Waals surface area (Å²) < 4.78 is 5.51. The topological polar surface area (TPSA) is 47.6 Å². The summed E-state index contributed by atoms with van der Waals surface area (Å²) in [5.74, 6) is -0.281. The average molecular weight is 274 g/mol. The molecule has 5 heteroatoms. The molecule has 0 amide bonds. The Morgan fingerprint density at radius 2 is 2.20 bits per heavy atom. The summed E-state index contributed by atoms with van der Waals surface area (Å²) in [6, 6.07) is 5.53. The van der Waals surface area contributed by atoms with E-state index >= 15 is 0 Å². The molecule has 15 heavy (non-hydrogen) atoms. The van der Waals surface area contributed by atoms with E-state index < -0.39 is 0 Å². The quantitative estimate of drug-likeness (QED) is 0.675. The number of carbonyl (C=O) groups excluding carboxylic acids is 1. The van der Waals surface area contributed by atoms with Gasteiger partial charge in [0.25, 0.3) is 0 Å². The van der Waals surface area contributed by atoms with Crippen LogP contribution >= 0.6 is 15.9 Å². The number of hydrogen-bond acceptors (Lipinski definition) is 4. The van der Waals surface area contributed by atoms with Crippen LogP contribution in [-0.4, -0.2) is 20.2 Å².